The molecule has 0 aromatic carbocycles. The highest BCUT2D eigenvalue weighted by Crippen LogP contribution is 2.57. The van der Waals surface area contributed by atoms with Crippen LogP contribution in [0.15, 0.2) is 12.7 Å². The first-order chi connectivity index (χ1) is 11.4. The fourth-order valence-corrected chi connectivity index (χ4v) is 4.50. The molecule has 1 aliphatic carbocycles. The normalized spacial score (nSPS) is 40.1. The number of hydrogen-bond acceptors (Lipinski definition) is 7. The predicted molar refractivity (Wildman–Crippen MR) is 84.8 cm³/mol. The fraction of sp³-hybridized carbons (Fsp3) is 0.688. The Morgan fingerprint density at radius 2 is 1.96 bits per heavy atom. The van der Waals surface area contributed by atoms with Crippen molar-refractivity contribution in [2.24, 2.45) is 5.92 Å². The molecule has 2 aromatic rings. The van der Waals surface area contributed by atoms with Crippen molar-refractivity contribution in [2.75, 3.05) is 5.73 Å². The van der Waals surface area contributed by atoms with Crippen LogP contribution in [0.1, 0.15) is 39.8 Å². The number of rotatable bonds is 1. The van der Waals surface area contributed by atoms with Crippen LogP contribution in [0, 0.1) is 5.92 Å². The van der Waals surface area contributed by atoms with Gasteiger partial charge in [-0.25, -0.2) is 15.0 Å². The number of nitrogens with two attached hydrogens (primary N) is 1. The van der Waals surface area contributed by atoms with Crippen molar-refractivity contribution in [2.45, 2.75) is 63.4 Å². The van der Waals surface area contributed by atoms with Crippen LogP contribution in [-0.4, -0.2) is 43.1 Å². The molecule has 1 unspecified atom stereocenters. The maximum atomic E-state index is 6.48. The minimum atomic E-state index is -0.617. The molecule has 1 spiro atoms. The van der Waals surface area contributed by atoms with Crippen molar-refractivity contribution in [1.29, 1.82) is 0 Å². The molecule has 2 N–H and O–H groups in total. The molecule has 8 heteroatoms. The first-order valence-corrected chi connectivity index (χ1v) is 8.35. The molecule has 24 heavy (non-hydrogen) atoms. The van der Waals surface area contributed by atoms with Crippen molar-refractivity contribution < 1.29 is 14.2 Å². The third-order valence-corrected chi connectivity index (χ3v) is 5.33. The highest BCUT2D eigenvalue weighted by atomic mass is 16.8. The van der Waals surface area contributed by atoms with Crippen LogP contribution >= 0.6 is 0 Å². The van der Waals surface area contributed by atoms with E-state index in [-0.39, 0.29) is 24.0 Å². The van der Waals surface area contributed by atoms with Crippen LogP contribution in [0.3, 0.4) is 0 Å². The zero-order valence-electron chi connectivity index (χ0n) is 14.0. The summed E-state index contributed by atoms with van der Waals surface area (Å²) in [6.45, 7) is 6.13. The van der Waals surface area contributed by atoms with E-state index in [0.717, 1.165) is 12.8 Å². The zero-order valence-corrected chi connectivity index (χ0v) is 14.0. The molecule has 8 nitrogen and oxygen atoms in total. The molecule has 2 saturated heterocycles. The smallest absolute Gasteiger partial charge is 0.167 e. The van der Waals surface area contributed by atoms with E-state index < -0.39 is 5.79 Å². The van der Waals surface area contributed by atoms with E-state index in [1.807, 2.05) is 18.4 Å². The summed E-state index contributed by atoms with van der Waals surface area (Å²) in [6.07, 6.45) is 4.50. The van der Waals surface area contributed by atoms with E-state index in [2.05, 4.69) is 21.9 Å². The summed E-state index contributed by atoms with van der Waals surface area (Å²) in [6, 6.07) is 0. The number of ether oxygens (including phenoxy) is 3. The van der Waals surface area contributed by atoms with Gasteiger partial charge in [-0.15, -0.1) is 0 Å². The lowest BCUT2D eigenvalue weighted by Gasteiger charge is -2.46. The molecule has 2 aliphatic heterocycles. The lowest BCUT2D eigenvalue weighted by molar-refractivity contribution is -0.243. The maximum Gasteiger partial charge on any atom is 0.167 e. The third kappa shape index (κ3) is 1.81. The van der Waals surface area contributed by atoms with Crippen molar-refractivity contribution in [3.8, 4) is 0 Å². The number of aromatic nitrogens is 4. The summed E-state index contributed by atoms with van der Waals surface area (Å²) in [5, 5.41) is 0. The lowest BCUT2D eigenvalue weighted by atomic mass is 9.69. The topological polar surface area (TPSA) is 97.3 Å². The van der Waals surface area contributed by atoms with Gasteiger partial charge < -0.3 is 19.9 Å². The van der Waals surface area contributed by atoms with Gasteiger partial charge in [-0.3, -0.25) is 4.57 Å². The van der Waals surface area contributed by atoms with Gasteiger partial charge in [0.05, 0.1) is 6.33 Å². The Balaban J connectivity index is 1.59. The zero-order chi connectivity index (χ0) is 16.7. The SMILES string of the molecule is CC1CC2(C1)O[C@@H](n1cnc3c(N)ncnc31)[C@H]1OC(C)(C)OC12. The molecule has 2 aromatic heterocycles. The van der Waals surface area contributed by atoms with Crippen molar-refractivity contribution in [3.05, 3.63) is 12.7 Å². The van der Waals surface area contributed by atoms with Gasteiger partial charge in [0.15, 0.2) is 23.5 Å². The highest BCUT2D eigenvalue weighted by Gasteiger charge is 2.66. The van der Waals surface area contributed by atoms with Gasteiger partial charge in [0.25, 0.3) is 0 Å². The average molecular weight is 331 g/mol. The summed E-state index contributed by atoms with van der Waals surface area (Å²) >= 11 is 0. The number of anilines is 1. The molecule has 0 bridgehead atoms. The summed E-state index contributed by atoms with van der Waals surface area (Å²) in [7, 11) is 0. The molecule has 0 radical (unpaired) electrons. The Hall–Kier alpha value is -1.77. The standard InChI is InChI=1S/C16H21N5O3/c1-8-4-16(5-8)11-10(22-15(2,3)23-11)14(24-16)21-7-20-9-12(17)18-6-19-13(9)21/h6-8,10-11,14H,4-5H2,1-3H3,(H2,17,18,19)/t8?,10-,11?,14+,16?/m0/s1. The second kappa shape index (κ2) is 4.44. The van der Waals surface area contributed by atoms with Crippen LogP contribution in [0.4, 0.5) is 5.82 Å². The number of imidazole rings is 1. The largest absolute Gasteiger partial charge is 0.382 e. The Morgan fingerprint density at radius 3 is 2.71 bits per heavy atom. The van der Waals surface area contributed by atoms with Crippen molar-refractivity contribution in [1.82, 2.24) is 19.5 Å². The molecule has 128 valence electrons. The maximum absolute atomic E-state index is 6.48. The number of fused-ring (bicyclic) bond motifs is 3. The van der Waals surface area contributed by atoms with Gasteiger partial charge in [0, 0.05) is 0 Å². The van der Waals surface area contributed by atoms with E-state index in [9.17, 15) is 0 Å². The van der Waals surface area contributed by atoms with Gasteiger partial charge in [-0.05, 0) is 32.6 Å². The minimum absolute atomic E-state index is 0.0784. The quantitative estimate of drug-likeness (QED) is 0.848. The van der Waals surface area contributed by atoms with Gasteiger partial charge in [0.1, 0.15) is 29.7 Å². The number of nitrogen functional groups attached to an aromatic ring is 1. The Kier molecular flexibility index (Phi) is 2.69. The summed E-state index contributed by atoms with van der Waals surface area (Å²) in [4.78, 5) is 12.7. The second-order valence-electron chi connectivity index (χ2n) is 7.69. The second-order valence-corrected chi connectivity index (χ2v) is 7.69. The molecule has 5 rings (SSSR count). The average Bonchev–Trinajstić information content (AvgIpc) is 3.11. The van der Waals surface area contributed by atoms with Crippen molar-refractivity contribution in [3.63, 3.8) is 0 Å². The van der Waals surface area contributed by atoms with Crippen LogP contribution in [-0.2, 0) is 14.2 Å². The molecule has 0 amide bonds. The van der Waals surface area contributed by atoms with Crippen LogP contribution in [0.2, 0.25) is 0 Å². The van der Waals surface area contributed by atoms with E-state index >= 15 is 0 Å². The van der Waals surface area contributed by atoms with Crippen molar-refractivity contribution >= 4 is 17.0 Å². The monoisotopic (exact) mass is 331 g/mol. The minimum Gasteiger partial charge on any atom is -0.382 e. The van der Waals surface area contributed by atoms with Gasteiger partial charge >= 0.3 is 0 Å². The summed E-state index contributed by atoms with van der Waals surface area (Å²) in [5.41, 5.74) is 6.86. The van der Waals surface area contributed by atoms with E-state index in [1.54, 1.807) is 6.33 Å². The van der Waals surface area contributed by atoms with Crippen LogP contribution in [0.5, 0.6) is 0 Å². The summed E-state index contributed by atoms with van der Waals surface area (Å²) in [5.74, 6) is 0.381. The number of hydrogen-bond donors (Lipinski definition) is 1. The molecule has 3 atom stereocenters. The Bertz CT molecular complexity index is 813. The van der Waals surface area contributed by atoms with Gasteiger partial charge in [-0.1, -0.05) is 6.92 Å². The third-order valence-electron chi connectivity index (χ3n) is 5.33. The Labute approximate surface area is 139 Å². The van der Waals surface area contributed by atoms with Crippen LogP contribution in [0.25, 0.3) is 11.2 Å². The highest BCUT2D eigenvalue weighted by molar-refractivity contribution is 5.81. The molecule has 4 heterocycles. The molecular weight excluding hydrogens is 310 g/mol. The Morgan fingerprint density at radius 1 is 1.17 bits per heavy atom. The first kappa shape index (κ1) is 14.6. The molecule has 1 saturated carbocycles. The predicted octanol–water partition coefficient (Wildman–Crippen LogP) is 1.63. The molecule has 3 aliphatic rings. The molecular formula is C16H21N5O3. The lowest BCUT2D eigenvalue weighted by Crippen LogP contribution is -2.52. The van der Waals surface area contributed by atoms with E-state index in [4.69, 9.17) is 19.9 Å². The van der Waals surface area contributed by atoms with E-state index in [1.165, 1.54) is 6.33 Å². The molecule has 3 fully saturated rings. The van der Waals surface area contributed by atoms with Crippen LogP contribution < -0.4 is 5.73 Å². The number of nitrogens with zero attached hydrogens (tertiary/aromatic N) is 4. The first-order valence-electron chi connectivity index (χ1n) is 8.35. The summed E-state index contributed by atoms with van der Waals surface area (Å²) < 4.78 is 20.8. The fourth-order valence-electron chi connectivity index (χ4n) is 4.50. The van der Waals surface area contributed by atoms with Gasteiger partial charge in [0.2, 0.25) is 0 Å². The van der Waals surface area contributed by atoms with Gasteiger partial charge in [-0.2, -0.15) is 0 Å². The van der Waals surface area contributed by atoms with E-state index in [0.29, 0.717) is 22.9 Å².